The van der Waals surface area contributed by atoms with Gasteiger partial charge in [-0.05, 0) is 57.5 Å². The lowest BCUT2D eigenvalue weighted by Crippen LogP contribution is -2.13. The minimum atomic E-state index is -0.0238. The number of rotatable bonds is 2. The van der Waals surface area contributed by atoms with Crippen molar-refractivity contribution in [3.63, 3.8) is 0 Å². The van der Waals surface area contributed by atoms with Crippen molar-refractivity contribution in [2.45, 2.75) is 33.2 Å². The lowest BCUT2D eigenvalue weighted by atomic mass is 10.1. The van der Waals surface area contributed by atoms with Crippen LogP contribution in [0, 0.1) is 0 Å². The highest BCUT2D eigenvalue weighted by Gasteiger charge is 2.08. The Morgan fingerprint density at radius 2 is 1.67 bits per heavy atom. The van der Waals surface area contributed by atoms with Crippen LogP contribution in [0.4, 0.5) is 0 Å². The fraction of sp³-hybridized carbons (Fsp3) is 0.462. The molecular weight excluding hydrogens is 186 g/mol. The zero-order valence-corrected chi connectivity index (χ0v) is 10.2. The van der Waals surface area contributed by atoms with E-state index in [0.29, 0.717) is 0 Å². The molecule has 0 fully saturated rings. The van der Waals surface area contributed by atoms with Crippen molar-refractivity contribution in [3.05, 3.63) is 29.8 Å². The van der Waals surface area contributed by atoms with Crippen LogP contribution in [0.1, 0.15) is 33.3 Å². The maximum absolute atomic E-state index is 5.11. The third kappa shape index (κ3) is 3.74. The molecule has 2 heteroatoms. The summed E-state index contributed by atoms with van der Waals surface area (Å²) in [7, 11) is 1.67. The molecule has 0 heterocycles. The summed E-state index contributed by atoms with van der Waals surface area (Å²) < 4.78 is 5.11. The predicted octanol–water partition coefficient (Wildman–Crippen LogP) is 3.30. The predicted molar refractivity (Wildman–Crippen MR) is 65.0 cm³/mol. The summed E-state index contributed by atoms with van der Waals surface area (Å²) in [5.74, 6) is 0.877. The van der Waals surface area contributed by atoms with Gasteiger partial charge in [-0.25, -0.2) is 0 Å². The molecular formula is C13H19NO. The summed E-state index contributed by atoms with van der Waals surface area (Å²) in [6, 6.07) is 7.97. The number of nitrogens with zero attached hydrogens (tertiary/aromatic N) is 1. The van der Waals surface area contributed by atoms with Gasteiger partial charge in [-0.3, -0.25) is 4.99 Å². The van der Waals surface area contributed by atoms with Crippen LogP contribution >= 0.6 is 0 Å². The van der Waals surface area contributed by atoms with Gasteiger partial charge in [-0.1, -0.05) is 0 Å². The normalized spacial score (nSPS) is 12.7. The molecule has 0 aliphatic heterocycles. The highest BCUT2D eigenvalue weighted by Crippen LogP contribution is 2.14. The minimum Gasteiger partial charge on any atom is -0.497 e. The van der Waals surface area contributed by atoms with E-state index >= 15 is 0 Å². The van der Waals surface area contributed by atoms with Crippen molar-refractivity contribution in [1.82, 2.24) is 0 Å². The van der Waals surface area contributed by atoms with Gasteiger partial charge in [0.25, 0.3) is 0 Å². The van der Waals surface area contributed by atoms with Crippen molar-refractivity contribution in [2.24, 2.45) is 4.99 Å². The van der Waals surface area contributed by atoms with E-state index in [4.69, 9.17) is 4.74 Å². The highest BCUT2D eigenvalue weighted by molar-refractivity contribution is 5.99. The largest absolute Gasteiger partial charge is 0.497 e. The van der Waals surface area contributed by atoms with E-state index in [2.05, 4.69) is 25.8 Å². The molecule has 2 nitrogen and oxygen atoms in total. The molecule has 0 amide bonds. The quantitative estimate of drug-likeness (QED) is 0.679. The Hall–Kier alpha value is -1.31. The summed E-state index contributed by atoms with van der Waals surface area (Å²) >= 11 is 0. The molecule has 0 saturated heterocycles. The fourth-order valence-electron chi connectivity index (χ4n) is 1.40. The maximum atomic E-state index is 5.11. The first kappa shape index (κ1) is 11.8. The van der Waals surface area contributed by atoms with Gasteiger partial charge in [0.2, 0.25) is 0 Å². The molecule has 1 aromatic carbocycles. The summed E-state index contributed by atoms with van der Waals surface area (Å²) in [6.07, 6.45) is 0. The lowest BCUT2D eigenvalue weighted by molar-refractivity contribution is 0.415. The Balaban J connectivity index is 2.92. The van der Waals surface area contributed by atoms with Gasteiger partial charge in [-0.15, -0.1) is 0 Å². The molecule has 1 rings (SSSR count). The molecule has 0 aliphatic carbocycles. The van der Waals surface area contributed by atoms with Gasteiger partial charge in [0, 0.05) is 5.71 Å². The molecule has 82 valence electrons. The molecule has 0 radical (unpaired) electrons. The third-order valence-corrected chi connectivity index (χ3v) is 2.01. The average Bonchev–Trinajstić information content (AvgIpc) is 2.15. The molecule has 0 aromatic heterocycles. The first-order chi connectivity index (χ1) is 6.92. The summed E-state index contributed by atoms with van der Waals surface area (Å²) in [5.41, 5.74) is 2.18. The molecule has 15 heavy (non-hydrogen) atoms. The lowest BCUT2D eigenvalue weighted by Gasteiger charge is -2.14. The molecule has 0 saturated carbocycles. The van der Waals surface area contributed by atoms with E-state index in [1.54, 1.807) is 7.11 Å². The van der Waals surface area contributed by atoms with Crippen LogP contribution < -0.4 is 4.74 Å². The topological polar surface area (TPSA) is 21.6 Å². The minimum absolute atomic E-state index is 0.0238. The van der Waals surface area contributed by atoms with E-state index < -0.39 is 0 Å². The van der Waals surface area contributed by atoms with E-state index in [1.165, 1.54) is 0 Å². The second-order valence-corrected chi connectivity index (χ2v) is 4.60. The van der Waals surface area contributed by atoms with Gasteiger partial charge in [0.15, 0.2) is 0 Å². The Kier molecular flexibility index (Phi) is 3.51. The van der Waals surface area contributed by atoms with Gasteiger partial charge in [-0.2, -0.15) is 0 Å². The van der Waals surface area contributed by atoms with Crippen LogP contribution in [0.15, 0.2) is 29.3 Å². The van der Waals surface area contributed by atoms with Crippen LogP contribution in [0.25, 0.3) is 0 Å². The molecule has 1 aromatic rings. The monoisotopic (exact) mass is 205 g/mol. The number of aliphatic imine (C=N–C) groups is 1. The maximum Gasteiger partial charge on any atom is 0.118 e. The van der Waals surface area contributed by atoms with E-state index in [-0.39, 0.29) is 5.54 Å². The zero-order valence-electron chi connectivity index (χ0n) is 10.2. The zero-order chi connectivity index (χ0) is 11.5. The Morgan fingerprint density at radius 3 is 2.07 bits per heavy atom. The van der Waals surface area contributed by atoms with Crippen molar-refractivity contribution in [2.75, 3.05) is 7.11 Å². The fourth-order valence-corrected chi connectivity index (χ4v) is 1.40. The van der Waals surface area contributed by atoms with Gasteiger partial charge >= 0.3 is 0 Å². The second-order valence-electron chi connectivity index (χ2n) is 4.60. The third-order valence-electron chi connectivity index (χ3n) is 2.01. The SMILES string of the molecule is COc1ccc(C(C)=NC(C)(C)C)cc1. The smallest absolute Gasteiger partial charge is 0.118 e. The van der Waals surface area contributed by atoms with Crippen LogP contribution in [-0.2, 0) is 0 Å². The Morgan fingerprint density at radius 1 is 1.13 bits per heavy atom. The standard InChI is InChI=1S/C13H19NO/c1-10(14-13(2,3)4)11-6-8-12(15-5)9-7-11/h6-9H,1-5H3. The number of methoxy groups -OCH3 is 1. The van der Waals surface area contributed by atoms with E-state index in [1.807, 2.05) is 31.2 Å². The Labute approximate surface area is 92.0 Å². The van der Waals surface area contributed by atoms with Crippen molar-refractivity contribution >= 4 is 5.71 Å². The van der Waals surface area contributed by atoms with Crippen LogP contribution in [0.5, 0.6) is 5.75 Å². The molecule has 0 N–H and O–H groups in total. The van der Waals surface area contributed by atoms with Crippen molar-refractivity contribution < 1.29 is 4.74 Å². The number of hydrogen-bond donors (Lipinski definition) is 0. The van der Waals surface area contributed by atoms with Crippen LogP contribution in [0.2, 0.25) is 0 Å². The number of benzene rings is 1. The van der Waals surface area contributed by atoms with E-state index in [0.717, 1.165) is 17.0 Å². The number of hydrogen-bond acceptors (Lipinski definition) is 2. The average molecular weight is 205 g/mol. The molecule has 0 aliphatic rings. The summed E-state index contributed by atoms with van der Waals surface area (Å²) in [6.45, 7) is 8.33. The summed E-state index contributed by atoms with van der Waals surface area (Å²) in [5, 5.41) is 0. The van der Waals surface area contributed by atoms with Crippen LogP contribution in [0.3, 0.4) is 0 Å². The van der Waals surface area contributed by atoms with Gasteiger partial charge < -0.3 is 4.74 Å². The second kappa shape index (κ2) is 4.47. The summed E-state index contributed by atoms with van der Waals surface area (Å²) in [4.78, 5) is 4.61. The van der Waals surface area contributed by atoms with Crippen molar-refractivity contribution in [3.8, 4) is 5.75 Å². The van der Waals surface area contributed by atoms with Crippen molar-refractivity contribution in [1.29, 1.82) is 0 Å². The first-order valence-electron chi connectivity index (χ1n) is 5.13. The van der Waals surface area contributed by atoms with Gasteiger partial charge in [0.1, 0.15) is 5.75 Å². The van der Waals surface area contributed by atoms with Gasteiger partial charge in [0.05, 0.1) is 12.6 Å². The first-order valence-corrected chi connectivity index (χ1v) is 5.13. The number of ether oxygens (including phenoxy) is 1. The van der Waals surface area contributed by atoms with Crippen LogP contribution in [-0.4, -0.2) is 18.4 Å². The molecule has 0 atom stereocenters. The van der Waals surface area contributed by atoms with E-state index in [9.17, 15) is 0 Å². The molecule has 0 unspecified atom stereocenters. The highest BCUT2D eigenvalue weighted by atomic mass is 16.5. The molecule has 0 bridgehead atoms. The molecule has 0 spiro atoms. The Bertz CT molecular complexity index is 344.